The maximum atomic E-state index is 12.9. The van der Waals surface area contributed by atoms with E-state index in [1.165, 1.54) is 0 Å². The number of aldehydes is 1. The van der Waals surface area contributed by atoms with Gasteiger partial charge in [-0.25, -0.2) is 0 Å². The molecule has 0 radical (unpaired) electrons. The lowest BCUT2D eigenvalue weighted by Crippen LogP contribution is -2.61. The van der Waals surface area contributed by atoms with Gasteiger partial charge in [-0.3, -0.25) is 14.4 Å². The Morgan fingerprint density at radius 3 is 2.47 bits per heavy atom. The minimum Gasteiger partial charge on any atom is -0.458 e. The molecule has 0 saturated heterocycles. The van der Waals surface area contributed by atoms with E-state index in [0.717, 1.165) is 0 Å². The van der Waals surface area contributed by atoms with Crippen LogP contribution in [0.25, 0.3) is 0 Å². The normalized spacial score (nSPS) is 46.1. The maximum absolute atomic E-state index is 12.9. The van der Waals surface area contributed by atoms with Gasteiger partial charge >= 0.3 is 5.97 Å². The van der Waals surface area contributed by atoms with Gasteiger partial charge < -0.3 is 14.9 Å². The lowest BCUT2D eigenvalue weighted by Gasteiger charge is -2.50. The highest BCUT2D eigenvalue weighted by Gasteiger charge is 2.83. The van der Waals surface area contributed by atoms with Crippen molar-refractivity contribution < 1.29 is 29.3 Å². The molecule has 0 spiro atoms. The molecule has 30 heavy (non-hydrogen) atoms. The van der Waals surface area contributed by atoms with Gasteiger partial charge in [0.15, 0.2) is 5.78 Å². The summed E-state index contributed by atoms with van der Waals surface area (Å²) in [6, 6.07) is 0. The van der Waals surface area contributed by atoms with Gasteiger partial charge in [-0.2, -0.15) is 0 Å². The van der Waals surface area contributed by atoms with Crippen molar-refractivity contribution in [1.29, 1.82) is 0 Å². The van der Waals surface area contributed by atoms with Gasteiger partial charge in [0.1, 0.15) is 17.5 Å². The summed E-state index contributed by atoms with van der Waals surface area (Å²) in [6.07, 6.45) is 4.39. The minimum absolute atomic E-state index is 0.120. The number of hydrogen-bond acceptors (Lipinski definition) is 6. The third kappa shape index (κ3) is 2.35. The number of carbonyl (C=O) groups is 3. The van der Waals surface area contributed by atoms with Crippen LogP contribution < -0.4 is 0 Å². The van der Waals surface area contributed by atoms with Gasteiger partial charge in [0.25, 0.3) is 0 Å². The van der Waals surface area contributed by atoms with Crippen molar-refractivity contribution in [2.75, 3.05) is 0 Å². The second-order valence-corrected chi connectivity index (χ2v) is 10.8. The van der Waals surface area contributed by atoms with E-state index in [2.05, 4.69) is 0 Å². The molecule has 0 bridgehead atoms. The summed E-state index contributed by atoms with van der Waals surface area (Å²) in [6.45, 7) is 11.2. The monoisotopic (exact) mass is 416 g/mol. The Labute approximate surface area is 177 Å². The van der Waals surface area contributed by atoms with Gasteiger partial charge in [-0.1, -0.05) is 46.8 Å². The molecule has 2 saturated carbocycles. The van der Waals surface area contributed by atoms with E-state index >= 15 is 0 Å². The molecule has 0 aromatic carbocycles. The summed E-state index contributed by atoms with van der Waals surface area (Å²) in [4.78, 5) is 37.2. The Kier molecular flexibility index (Phi) is 4.38. The molecule has 0 aromatic heterocycles. The van der Waals surface area contributed by atoms with Gasteiger partial charge in [-0.05, 0) is 30.4 Å². The zero-order valence-electron chi connectivity index (χ0n) is 18.6. The number of fused-ring (bicyclic) bond motifs is 5. The van der Waals surface area contributed by atoms with Crippen molar-refractivity contribution in [3.63, 3.8) is 0 Å². The van der Waals surface area contributed by atoms with Gasteiger partial charge in [0.05, 0.1) is 11.5 Å². The SMILES string of the molecule is CC1=CC2C(O)(CC(C=O)=CC3C4C(C)(C)C4(OC(=O)C(C)C)CC(C)C32O)C1=O. The quantitative estimate of drug-likeness (QED) is 0.541. The molecule has 0 aromatic rings. The van der Waals surface area contributed by atoms with E-state index in [-0.39, 0.29) is 30.1 Å². The third-order valence-corrected chi connectivity index (χ3v) is 8.53. The van der Waals surface area contributed by atoms with Crippen molar-refractivity contribution >= 4 is 18.0 Å². The average molecular weight is 417 g/mol. The second-order valence-electron chi connectivity index (χ2n) is 10.8. The van der Waals surface area contributed by atoms with Crippen molar-refractivity contribution in [3.8, 4) is 0 Å². The highest BCUT2D eigenvalue weighted by Crippen LogP contribution is 2.76. The second kappa shape index (κ2) is 6.13. The van der Waals surface area contributed by atoms with Crippen LogP contribution in [0.4, 0.5) is 0 Å². The van der Waals surface area contributed by atoms with E-state index in [1.807, 2.05) is 20.8 Å². The summed E-state index contributed by atoms with van der Waals surface area (Å²) in [5.41, 5.74) is -3.69. The van der Waals surface area contributed by atoms with Crippen LogP contribution in [0.15, 0.2) is 23.3 Å². The molecule has 4 rings (SSSR count). The van der Waals surface area contributed by atoms with Crippen molar-refractivity contribution in [2.24, 2.45) is 35.0 Å². The predicted octanol–water partition coefficient (Wildman–Crippen LogP) is 2.37. The molecule has 2 fully saturated rings. The van der Waals surface area contributed by atoms with Crippen LogP contribution >= 0.6 is 0 Å². The van der Waals surface area contributed by atoms with Gasteiger partial charge in [-0.15, -0.1) is 0 Å². The Balaban J connectivity index is 1.87. The van der Waals surface area contributed by atoms with E-state index < -0.39 is 39.8 Å². The van der Waals surface area contributed by atoms with Crippen molar-refractivity contribution in [2.45, 2.75) is 71.2 Å². The number of esters is 1. The average Bonchev–Trinajstić information content (AvgIpc) is 3.06. The van der Waals surface area contributed by atoms with Crippen LogP contribution in [0.3, 0.4) is 0 Å². The van der Waals surface area contributed by atoms with Gasteiger partial charge in [0.2, 0.25) is 0 Å². The third-order valence-electron chi connectivity index (χ3n) is 8.53. The predicted molar refractivity (Wildman–Crippen MR) is 109 cm³/mol. The highest BCUT2D eigenvalue weighted by atomic mass is 16.6. The molecule has 2 N–H and O–H groups in total. The molecule has 164 valence electrons. The molecular formula is C24H32O6. The molecule has 4 aliphatic carbocycles. The van der Waals surface area contributed by atoms with Crippen LogP contribution in [-0.2, 0) is 19.1 Å². The molecule has 4 aliphatic rings. The van der Waals surface area contributed by atoms with E-state index in [1.54, 1.807) is 32.9 Å². The zero-order valence-corrected chi connectivity index (χ0v) is 18.6. The number of Topliss-reactive ketones (excluding diaryl/α,β-unsaturated/α-hetero) is 1. The Morgan fingerprint density at radius 1 is 1.27 bits per heavy atom. The summed E-state index contributed by atoms with van der Waals surface area (Å²) in [7, 11) is 0. The summed E-state index contributed by atoms with van der Waals surface area (Å²) in [5, 5.41) is 23.6. The first-order valence-electron chi connectivity index (χ1n) is 10.8. The number of hydrogen-bond donors (Lipinski definition) is 2. The standard InChI is InChI=1S/C24H32O6/c1-12(2)20(27)30-23-9-14(4)24(29)16(18(23)21(23,5)6)8-15(11-25)10-22(28)17(24)7-13(3)19(22)26/h7-8,11-12,14,16-18,28-29H,9-10H2,1-6H3. The molecule has 0 amide bonds. The number of aliphatic hydroxyl groups is 2. The molecule has 6 heteroatoms. The first kappa shape index (κ1) is 21.4. The smallest absolute Gasteiger partial charge is 0.308 e. The zero-order chi connectivity index (χ0) is 22.4. The van der Waals surface area contributed by atoms with E-state index in [4.69, 9.17) is 4.74 Å². The van der Waals surface area contributed by atoms with Crippen LogP contribution in [0.1, 0.15) is 54.4 Å². The van der Waals surface area contributed by atoms with Crippen LogP contribution in [0.5, 0.6) is 0 Å². The number of ether oxygens (including phenoxy) is 1. The largest absolute Gasteiger partial charge is 0.458 e. The van der Waals surface area contributed by atoms with Gasteiger partial charge in [0, 0.05) is 29.6 Å². The van der Waals surface area contributed by atoms with E-state index in [0.29, 0.717) is 23.9 Å². The number of carbonyl (C=O) groups excluding carboxylic acids is 3. The fourth-order valence-corrected chi connectivity index (χ4v) is 6.81. The van der Waals surface area contributed by atoms with Crippen molar-refractivity contribution in [1.82, 2.24) is 0 Å². The fourth-order valence-electron chi connectivity index (χ4n) is 6.81. The molecule has 0 aliphatic heterocycles. The molecule has 0 heterocycles. The fraction of sp³-hybridized carbons (Fsp3) is 0.708. The van der Waals surface area contributed by atoms with E-state index in [9.17, 15) is 24.6 Å². The minimum atomic E-state index is -1.83. The van der Waals surface area contributed by atoms with Crippen LogP contribution in [0, 0.1) is 35.0 Å². The first-order valence-corrected chi connectivity index (χ1v) is 10.8. The summed E-state index contributed by atoms with van der Waals surface area (Å²) >= 11 is 0. The Bertz CT molecular complexity index is 897. The lowest BCUT2D eigenvalue weighted by atomic mass is 9.60. The molecular weight excluding hydrogens is 384 g/mol. The highest BCUT2D eigenvalue weighted by molar-refractivity contribution is 6.05. The summed E-state index contributed by atoms with van der Waals surface area (Å²) < 4.78 is 6.07. The van der Waals surface area contributed by atoms with Crippen LogP contribution in [-0.4, -0.2) is 45.1 Å². The van der Waals surface area contributed by atoms with Crippen molar-refractivity contribution in [3.05, 3.63) is 23.3 Å². The molecule has 7 unspecified atom stereocenters. The topological polar surface area (TPSA) is 101 Å². The number of rotatable bonds is 3. The molecule has 6 nitrogen and oxygen atoms in total. The lowest BCUT2D eigenvalue weighted by molar-refractivity contribution is -0.188. The Morgan fingerprint density at radius 2 is 1.90 bits per heavy atom. The molecule has 7 atom stereocenters. The summed E-state index contributed by atoms with van der Waals surface area (Å²) in [5.74, 6) is -2.90. The number of ketones is 1. The van der Waals surface area contributed by atoms with Crippen LogP contribution in [0.2, 0.25) is 0 Å². The Hall–Kier alpha value is -1.79. The maximum Gasteiger partial charge on any atom is 0.308 e. The first-order chi connectivity index (χ1) is 13.8.